The molecule has 0 bridgehead atoms. The fourth-order valence-electron chi connectivity index (χ4n) is 3.04. The molecule has 0 aromatic heterocycles. The first-order valence-corrected chi connectivity index (χ1v) is 9.27. The average Bonchev–Trinajstić information content (AvgIpc) is 3.18. The summed E-state index contributed by atoms with van der Waals surface area (Å²) in [5.41, 5.74) is 2.84. The van der Waals surface area contributed by atoms with Crippen LogP contribution in [-0.4, -0.2) is 38.8 Å². The number of hydrogen-bond donors (Lipinski definition) is 2. The Morgan fingerprint density at radius 3 is 2.27 bits per heavy atom. The van der Waals surface area contributed by atoms with Gasteiger partial charge in [0.25, 0.3) is 0 Å². The molecule has 1 aliphatic heterocycles. The maximum absolute atomic E-state index is 5.75. The van der Waals surface area contributed by atoms with E-state index in [0.29, 0.717) is 17.2 Å². The molecule has 26 heavy (non-hydrogen) atoms. The van der Waals surface area contributed by atoms with Gasteiger partial charge < -0.3 is 20.1 Å². The second-order valence-corrected chi connectivity index (χ2v) is 6.91. The van der Waals surface area contributed by atoms with Crippen LogP contribution < -0.4 is 25.4 Å². The predicted molar refractivity (Wildman–Crippen MR) is 105 cm³/mol. The molecule has 3 N–H and O–H groups in total. The van der Waals surface area contributed by atoms with E-state index in [1.54, 1.807) is 21.3 Å². The molecule has 2 aromatic carbocycles. The molecule has 0 amide bonds. The number of rotatable bonds is 6. The second kappa shape index (κ2) is 8.33. The maximum Gasteiger partial charge on any atom is 0.203 e. The Bertz CT molecular complexity index is 758. The normalized spacial score (nSPS) is 20.0. The SMILES string of the molecule is COc1cc(C(=NN)C2CSC(c3ccccc3)N2)cc(OC)c1OC. The van der Waals surface area contributed by atoms with Crippen molar-refractivity contribution < 1.29 is 14.2 Å². The molecule has 0 spiro atoms. The minimum atomic E-state index is 0.0259. The van der Waals surface area contributed by atoms with Gasteiger partial charge in [-0.05, 0) is 17.7 Å². The van der Waals surface area contributed by atoms with Crippen LogP contribution in [0.2, 0.25) is 0 Å². The van der Waals surface area contributed by atoms with E-state index in [-0.39, 0.29) is 11.4 Å². The van der Waals surface area contributed by atoms with Crippen molar-refractivity contribution in [2.45, 2.75) is 11.4 Å². The fourth-order valence-corrected chi connectivity index (χ4v) is 4.29. The highest BCUT2D eigenvalue weighted by molar-refractivity contribution is 7.99. The molecule has 1 aliphatic rings. The van der Waals surface area contributed by atoms with Gasteiger partial charge in [0.15, 0.2) is 11.5 Å². The van der Waals surface area contributed by atoms with E-state index < -0.39 is 0 Å². The van der Waals surface area contributed by atoms with Gasteiger partial charge in [0, 0.05) is 11.3 Å². The number of nitrogens with zero attached hydrogens (tertiary/aromatic N) is 1. The smallest absolute Gasteiger partial charge is 0.203 e. The summed E-state index contributed by atoms with van der Waals surface area (Å²) in [4.78, 5) is 0. The Morgan fingerprint density at radius 1 is 1.08 bits per heavy atom. The Morgan fingerprint density at radius 2 is 1.73 bits per heavy atom. The van der Waals surface area contributed by atoms with Gasteiger partial charge in [-0.3, -0.25) is 5.32 Å². The van der Waals surface area contributed by atoms with Gasteiger partial charge in [-0.25, -0.2) is 0 Å². The maximum atomic E-state index is 5.75. The van der Waals surface area contributed by atoms with E-state index in [1.165, 1.54) is 5.56 Å². The van der Waals surface area contributed by atoms with Gasteiger partial charge in [-0.1, -0.05) is 30.3 Å². The van der Waals surface area contributed by atoms with E-state index in [9.17, 15) is 0 Å². The van der Waals surface area contributed by atoms with Crippen LogP contribution in [0.4, 0.5) is 0 Å². The highest BCUT2D eigenvalue weighted by Gasteiger charge is 2.30. The molecule has 2 unspecified atom stereocenters. The molecule has 0 aliphatic carbocycles. The lowest BCUT2D eigenvalue weighted by Crippen LogP contribution is -2.35. The van der Waals surface area contributed by atoms with Gasteiger partial charge in [-0.15, -0.1) is 11.8 Å². The van der Waals surface area contributed by atoms with Crippen molar-refractivity contribution in [3.63, 3.8) is 0 Å². The summed E-state index contributed by atoms with van der Waals surface area (Å²) in [5, 5.41) is 7.87. The third-order valence-electron chi connectivity index (χ3n) is 4.31. The summed E-state index contributed by atoms with van der Waals surface area (Å²) < 4.78 is 16.3. The topological polar surface area (TPSA) is 78.1 Å². The van der Waals surface area contributed by atoms with Crippen LogP contribution in [0.1, 0.15) is 16.5 Å². The predicted octanol–water partition coefficient (Wildman–Crippen LogP) is 2.78. The number of benzene rings is 2. The summed E-state index contributed by atoms with van der Waals surface area (Å²) in [6.45, 7) is 0. The van der Waals surface area contributed by atoms with Crippen molar-refractivity contribution in [2.75, 3.05) is 27.1 Å². The summed E-state index contributed by atoms with van der Waals surface area (Å²) >= 11 is 1.83. The number of thioether (sulfide) groups is 1. The molecule has 1 saturated heterocycles. The molecule has 2 atom stereocenters. The lowest BCUT2D eigenvalue weighted by molar-refractivity contribution is 0.324. The van der Waals surface area contributed by atoms with E-state index in [1.807, 2.05) is 42.1 Å². The Labute approximate surface area is 157 Å². The molecule has 3 rings (SSSR count). The monoisotopic (exact) mass is 373 g/mol. The summed E-state index contributed by atoms with van der Waals surface area (Å²) in [5.74, 6) is 8.32. The number of nitrogens with one attached hydrogen (secondary N) is 1. The second-order valence-electron chi connectivity index (χ2n) is 5.77. The highest BCUT2D eigenvalue weighted by Crippen LogP contribution is 2.40. The summed E-state index contributed by atoms with van der Waals surface area (Å²) in [7, 11) is 4.77. The van der Waals surface area contributed by atoms with Gasteiger partial charge in [0.1, 0.15) is 0 Å². The van der Waals surface area contributed by atoms with Crippen molar-refractivity contribution in [2.24, 2.45) is 10.9 Å². The Kier molecular flexibility index (Phi) is 5.90. The number of ether oxygens (including phenoxy) is 3. The standard InChI is InChI=1S/C19H23N3O3S/c1-23-15-9-13(10-16(24-2)18(15)25-3)17(22-20)14-11-26-19(21-14)12-7-5-4-6-8-12/h4-10,14,19,21H,11,20H2,1-3H3. The molecule has 0 saturated carbocycles. The van der Waals surface area contributed by atoms with Crippen LogP contribution in [0.5, 0.6) is 17.2 Å². The number of hydrogen-bond acceptors (Lipinski definition) is 7. The highest BCUT2D eigenvalue weighted by atomic mass is 32.2. The van der Waals surface area contributed by atoms with E-state index in [2.05, 4.69) is 22.6 Å². The summed E-state index contributed by atoms with van der Waals surface area (Å²) in [6.07, 6.45) is 0. The number of hydrazone groups is 1. The minimum Gasteiger partial charge on any atom is -0.493 e. The molecule has 7 heteroatoms. The minimum absolute atomic E-state index is 0.0259. The first kappa shape index (κ1) is 18.4. The molecule has 0 radical (unpaired) electrons. The van der Waals surface area contributed by atoms with Crippen molar-refractivity contribution in [3.05, 3.63) is 53.6 Å². The van der Waals surface area contributed by atoms with Crippen LogP contribution >= 0.6 is 11.8 Å². The zero-order valence-electron chi connectivity index (χ0n) is 15.1. The van der Waals surface area contributed by atoms with Gasteiger partial charge in [0.05, 0.1) is 38.5 Å². The molecule has 2 aromatic rings. The molecular weight excluding hydrogens is 350 g/mol. The fraction of sp³-hybridized carbons (Fsp3) is 0.316. The van der Waals surface area contributed by atoms with Crippen molar-refractivity contribution in [1.82, 2.24) is 5.32 Å². The van der Waals surface area contributed by atoms with Crippen molar-refractivity contribution >= 4 is 17.5 Å². The van der Waals surface area contributed by atoms with E-state index >= 15 is 0 Å². The quantitative estimate of drug-likeness (QED) is 0.461. The first-order chi connectivity index (χ1) is 12.7. The van der Waals surface area contributed by atoms with Gasteiger partial charge >= 0.3 is 0 Å². The van der Waals surface area contributed by atoms with Crippen LogP contribution in [0.15, 0.2) is 47.6 Å². The number of methoxy groups -OCH3 is 3. The Balaban J connectivity index is 1.88. The van der Waals surface area contributed by atoms with Crippen LogP contribution in [0.3, 0.4) is 0 Å². The third-order valence-corrected chi connectivity index (χ3v) is 5.58. The molecule has 1 fully saturated rings. The average molecular weight is 373 g/mol. The molecule has 138 valence electrons. The summed E-state index contributed by atoms with van der Waals surface area (Å²) in [6, 6.07) is 14.1. The van der Waals surface area contributed by atoms with Crippen LogP contribution in [0.25, 0.3) is 0 Å². The Hall–Kier alpha value is -2.38. The van der Waals surface area contributed by atoms with Crippen LogP contribution in [-0.2, 0) is 0 Å². The van der Waals surface area contributed by atoms with E-state index in [4.69, 9.17) is 20.1 Å². The molecule has 6 nitrogen and oxygen atoms in total. The van der Waals surface area contributed by atoms with E-state index in [0.717, 1.165) is 17.0 Å². The van der Waals surface area contributed by atoms with Gasteiger partial charge in [0.2, 0.25) is 5.75 Å². The van der Waals surface area contributed by atoms with Crippen molar-refractivity contribution in [3.8, 4) is 17.2 Å². The lowest BCUT2D eigenvalue weighted by atomic mass is 10.0. The largest absolute Gasteiger partial charge is 0.493 e. The zero-order chi connectivity index (χ0) is 18.5. The first-order valence-electron chi connectivity index (χ1n) is 8.22. The van der Waals surface area contributed by atoms with Gasteiger partial charge in [-0.2, -0.15) is 5.10 Å². The number of nitrogens with two attached hydrogens (primary N) is 1. The van der Waals surface area contributed by atoms with Crippen LogP contribution in [0, 0.1) is 0 Å². The third kappa shape index (κ3) is 3.59. The lowest BCUT2D eigenvalue weighted by Gasteiger charge is -2.18. The van der Waals surface area contributed by atoms with Crippen molar-refractivity contribution in [1.29, 1.82) is 0 Å². The molecule has 1 heterocycles. The molecular formula is C19H23N3O3S. The zero-order valence-corrected chi connectivity index (χ0v) is 15.9.